The Labute approximate surface area is 102 Å². The highest BCUT2D eigenvalue weighted by Crippen LogP contribution is 2.07. The normalized spacial score (nSPS) is 9.80. The lowest BCUT2D eigenvalue weighted by atomic mass is 10.5. The highest BCUT2D eigenvalue weighted by atomic mass is 127. The van der Waals surface area contributed by atoms with Gasteiger partial charge in [-0.15, -0.1) is 0 Å². The van der Waals surface area contributed by atoms with Crippen molar-refractivity contribution in [2.24, 2.45) is 0 Å². The first-order valence-electron chi connectivity index (χ1n) is 4.46. The highest BCUT2D eigenvalue weighted by molar-refractivity contribution is 14.1. The topological polar surface area (TPSA) is 55.3 Å². The molecule has 0 aliphatic heterocycles. The molecule has 0 saturated carbocycles. The van der Waals surface area contributed by atoms with Gasteiger partial charge in [0.15, 0.2) is 0 Å². The lowest BCUT2D eigenvalue weighted by Gasteiger charge is -2.18. The van der Waals surface area contributed by atoms with Gasteiger partial charge in [0.2, 0.25) is 5.95 Å². The molecule has 0 aliphatic rings. The van der Waals surface area contributed by atoms with Gasteiger partial charge in [-0.25, -0.2) is 9.97 Å². The number of methoxy groups -OCH3 is 1. The van der Waals surface area contributed by atoms with E-state index in [1.54, 1.807) is 17.3 Å². The molecule has 0 fully saturated rings. The summed E-state index contributed by atoms with van der Waals surface area (Å²) < 4.78 is 5.55. The molecule has 0 atom stereocenters. The van der Waals surface area contributed by atoms with Crippen LogP contribution >= 0.6 is 22.6 Å². The fourth-order valence-electron chi connectivity index (χ4n) is 1.01. The summed E-state index contributed by atoms with van der Waals surface area (Å²) in [6.07, 6.45) is 3.42. The van der Waals surface area contributed by atoms with Crippen molar-refractivity contribution in [3.05, 3.63) is 16.0 Å². The molecule has 82 valence electrons. The van der Waals surface area contributed by atoms with Gasteiger partial charge in [-0.3, -0.25) is 4.79 Å². The summed E-state index contributed by atoms with van der Waals surface area (Å²) in [5, 5.41) is 0. The summed E-state index contributed by atoms with van der Waals surface area (Å²) in [5.41, 5.74) is 0. The predicted molar refractivity (Wildman–Crippen MR) is 64.7 cm³/mol. The van der Waals surface area contributed by atoms with E-state index in [1.807, 2.05) is 6.92 Å². The molecule has 0 unspecified atom stereocenters. The number of esters is 1. The minimum Gasteiger partial charge on any atom is -0.468 e. The third-order valence-electron chi connectivity index (χ3n) is 1.82. The lowest BCUT2D eigenvalue weighted by molar-refractivity contribution is -0.138. The zero-order valence-electron chi connectivity index (χ0n) is 8.61. The number of nitrogens with zero attached hydrogens (tertiary/aromatic N) is 3. The van der Waals surface area contributed by atoms with E-state index in [0.717, 1.165) is 3.57 Å². The summed E-state index contributed by atoms with van der Waals surface area (Å²) in [6, 6.07) is 0. The highest BCUT2D eigenvalue weighted by Gasteiger charge is 2.11. The molecule has 0 bridgehead atoms. The third kappa shape index (κ3) is 3.61. The van der Waals surface area contributed by atoms with Gasteiger partial charge in [0.1, 0.15) is 6.54 Å². The van der Waals surface area contributed by atoms with Crippen LogP contribution in [0.2, 0.25) is 0 Å². The second-order valence-electron chi connectivity index (χ2n) is 2.79. The van der Waals surface area contributed by atoms with E-state index in [4.69, 9.17) is 0 Å². The number of hydrogen-bond donors (Lipinski definition) is 0. The van der Waals surface area contributed by atoms with Gasteiger partial charge in [0.05, 0.1) is 7.11 Å². The fraction of sp³-hybridized carbons (Fsp3) is 0.444. The van der Waals surface area contributed by atoms with Gasteiger partial charge in [-0.1, -0.05) is 0 Å². The molecule has 0 radical (unpaired) electrons. The maximum atomic E-state index is 11.1. The zero-order chi connectivity index (χ0) is 11.3. The van der Waals surface area contributed by atoms with Crippen molar-refractivity contribution in [2.45, 2.75) is 6.92 Å². The van der Waals surface area contributed by atoms with E-state index in [0.29, 0.717) is 12.5 Å². The van der Waals surface area contributed by atoms with E-state index >= 15 is 0 Å². The van der Waals surface area contributed by atoms with Gasteiger partial charge in [-0.2, -0.15) is 0 Å². The van der Waals surface area contributed by atoms with Crippen LogP contribution in [-0.2, 0) is 9.53 Å². The maximum Gasteiger partial charge on any atom is 0.325 e. The minimum atomic E-state index is -0.293. The summed E-state index contributed by atoms with van der Waals surface area (Å²) in [6.45, 7) is 2.77. The molecule has 5 nitrogen and oxygen atoms in total. The first-order valence-corrected chi connectivity index (χ1v) is 5.54. The van der Waals surface area contributed by atoms with Crippen LogP contribution in [0.15, 0.2) is 12.4 Å². The Balaban J connectivity index is 2.74. The van der Waals surface area contributed by atoms with Crippen LogP contribution in [0, 0.1) is 3.57 Å². The van der Waals surface area contributed by atoms with Crippen molar-refractivity contribution < 1.29 is 9.53 Å². The van der Waals surface area contributed by atoms with Crippen molar-refractivity contribution in [3.8, 4) is 0 Å². The molecule has 1 aromatic rings. The van der Waals surface area contributed by atoms with Gasteiger partial charge in [-0.05, 0) is 29.5 Å². The molecule has 0 N–H and O–H groups in total. The van der Waals surface area contributed by atoms with Crippen LogP contribution in [-0.4, -0.2) is 36.1 Å². The van der Waals surface area contributed by atoms with Crippen molar-refractivity contribution in [3.63, 3.8) is 0 Å². The number of carbonyl (C=O) groups excluding carboxylic acids is 1. The van der Waals surface area contributed by atoms with Crippen LogP contribution in [0.25, 0.3) is 0 Å². The summed E-state index contributed by atoms with van der Waals surface area (Å²) in [7, 11) is 1.37. The molecule has 0 saturated heterocycles. The molecule has 15 heavy (non-hydrogen) atoms. The SMILES string of the molecule is CCN(CC(=O)OC)c1ncc(I)cn1. The summed E-state index contributed by atoms with van der Waals surface area (Å²) >= 11 is 2.13. The first kappa shape index (κ1) is 12.2. The van der Waals surface area contributed by atoms with E-state index in [-0.39, 0.29) is 12.5 Å². The van der Waals surface area contributed by atoms with Crippen LogP contribution in [0.5, 0.6) is 0 Å². The monoisotopic (exact) mass is 321 g/mol. The summed E-state index contributed by atoms with van der Waals surface area (Å²) in [4.78, 5) is 21.1. The lowest BCUT2D eigenvalue weighted by Crippen LogP contribution is -2.31. The number of anilines is 1. The predicted octanol–water partition coefficient (Wildman–Crippen LogP) is 1.08. The third-order valence-corrected chi connectivity index (χ3v) is 2.38. The van der Waals surface area contributed by atoms with E-state index in [2.05, 4.69) is 37.3 Å². The number of ether oxygens (including phenoxy) is 1. The van der Waals surface area contributed by atoms with Gasteiger partial charge in [0, 0.05) is 22.5 Å². The van der Waals surface area contributed by atoms with Crippen LogP contribution < -0.4 is 4.90 Å². The average Bonchev–Trinajstić information content (AvgIpc) is 2.27. The number of carbonyl (C=O) groups is 1. The fourth-order valence-corrected chi connectivity index (χ4v) is 1.29. The molecular formula is C9H12IN3O2. The van der Waals surface area contributed by atoms with Gasteiger partial charge < -0.3 is 9.64 Å². The van der Waals surface area contributed by atoms with Crippen molar-refractivity contribution in [1.82, 2.24) is 9.97 Å². The Morgan fingerprint density at radius 2 is 2.13 bits per heavy atom. The molecular weight excluding hydrogens is 309 g/mol. The molecule has 0 aliphatic carbocycles. The van der Waals surface area contributed by atoms with E-state index in [9.17, 15) is 4.79 Å². The quantitative estimate of drug-likeness (QED) is 0.614. The van der Waals surface area contributed by atoms with Gasteiger partial charge in [0.25, 0.3) is 0 Å². The Hall–Kier alpha value is -0.920. The standard InChI is InChI=1S/C9H12IN3O2/c1-3-13(6-8(14)15-2)9-11-4-7(10)5-12-9/h4-5H,3,6H2,1-2H3. The van der Waals surface area contributed by atoms with Crippen LogP contribution in [0.1, 0.15) is 6.92 Å². The number of halogens is 1. The molecule has 1 heterocycles. The first-order chi connectivity index (χ1) is 7.17. The van der Waals surface area contributed by atoms with Crippen molar-refractivity contribution in [1.29, 1.82) is 0 Å². The van der Waals surface area contributed by atoms with E-state index in [1.165, 1.54) is 7.11 Å². The second-order valence-corrected chi connectivity index (χ2v) is 4.04. The maximum absolute atomic E-state index is 11.1. The zero-order valence-corrected chi connectivity index (χ0v) is 10.8. The second kappa shape index (κ2) is 5.84. The van der Waals surface area contributed by atoms with Crippen molar-refractivity contribution >= 4 is 34.5 Å². The largest absolute Gasteiger partial charge is 0.468 e. The molecule has 0 spiro atoms. The Bertz CT molecular complexity index is 329. The Kier molecular flexibility index (Phi) is 4.73. The molecule has 0 aromatic carbocycles. The Morgan fingerprint density at radius 3 is 2.60 bits per heavy atom. The minimum absolute atomic E-state index is 0.174. The van der Waals surface area contributed by atoms with Gasteiger partial charge >= 0.3 is 5.97 Å². The number of rotatable bonds is 4. The smallest absolute Gasteiger partial charge is 0.325 e. The number of hydrogen-bond acceptors (Lipinski definition) is 5. The van der Waals surface area contributed by atoms with Crippen molar-refractivity contribution in [2.75, 3.05) is 25.1 Å². The molecule has 6 heteroatoms. The Morgan fingerprint density at radius 1 is 1.53 bits per heavy atom. The van der Waals surface area contributed by atoms with Crippen LogP contribution in [0.3, 0.4) is 0 Å². The van der Waals surface area contributed by atoms with E-state index < -0.39 is 0 Å². The molecule has 0 amide bonds. The molecule has 1 aromatic heterocycles. The average molecular weight is 321 g/mol. The number of aromatic nitrogens is 2. The molecule has 1 rings (SSSR count). The van der Waals surface area contributed by atoms with Crippen LogP contribution in [0.4, 0.5) is 5.95 Å². The number of likely N-dealkylation sites (N-methyl/N-ethyl adjacent to an activating group) is 1. The summed E-state index contributed by atoms with van der Waals surface area (Å²) in [5.74, 6) is 0.252.